The van der Waals surface area contributed by atoms with Crippen LogP contribution >= 0.6 is 0 Å². The monoisotopic (exact) mass is 1420 g/mol. The smallest absolute Gasteiger partial charge is 0.391 e. The summed E-state index contributed by atoms with van der Waals surface area (Å²) in [6, 6.07) is 42.9. The maximum atomic E-state index is 14.0. The lowest BCUT2D eigenvalue weighted by molar-refractivity contribution is -0.138. The number of nitrogens with one attached hydrogen (secondary N) is 3. The minimum Gasteiger partial charge on any atom is -0.391 e. The predicted octanol–water partition coefficient (Wildman–Crippen LogP) is 11.5. The molecule has 4 heterocycles. The number of halogens is 3. The van der Waals surface area contributed by atoms with Crippen LogP contribution in [0, 0.1) is 56.3 Å². The Bertz CT molecular complexity index is 4960. The number of carbonyl (C=O) groups excluding carboxylic acids is 3. The van der Waals surface area contributed by atoms with Gasteiger partial charge in [0.1, 0.15) is 17.5 Å². The highest BCUT2D eigenvalue weighted by Crippen LogP contribution is 2.35. The number of hydrogen-bond donors (Lipinski definition) is 8. The van der Waals surface area contributed by atoms with Gasteiger partial charge in [-0.05, 0) is 132 Å². The van der Waals surface area contributed by atoms with Crippen molar-refractivity contribution < 1.29 is 37.8 Å². The van der Waals surface area contributed by atoms with Crippen molar-refractivity contribution in [3.05, 3.63) is 242 Å². The highest BCUT2D eigenvalue weighted by molar-refractivity contribution is 6.05. The molecule has 0 radical (unpaired) electrons. The molecule has 0 saturated carbocycles. The topological polar surface area (TPSA) is 257 Å². The van der Waals surface area contributed by atoms with Gasteiger partial charge in [0.2, 0.25) is 0 Å². The van der Waals surface area contributed by atoms with Crippen LogP contribution in [0.25, 0.3) is 32.3 Å². The number of likely N-dealkylation sites (N-methyl/N-ethyl adjacent to an activating group) is 2. The number of aliphatic hydroxyl groups excluding tert-OH is 2. The first-order valence-electron chi connectivity index (χ1n) is 34.9. The number of hydrogen-bond acceptors (Lipinski definition) is 15. The van der Waals surface area contributed by atoms with Crippen molar-refractivity contribution in [3.63, 3.8) is 0 Å². The maximum Gasteiger partial charge on any atom is 0.416 e. The van der Waals surface area contributed by atoms with Crippen LogP contribution in [-0.2, 0) is 12.7 Å². The molecule has 2 atom stereocenters. The van der Waals surface area contributed by atoms with E-state index in [1.54, 1.807) is 61.1 Å². The van der Waals surface area contributed by atoms with Crippen molar-refractivity contribution in [2.75, 3.05) is 109 Å². The molecule has 1 saturated heterocycles. The van der Waals surface area contributed by atoms with Crippen LogP contribution in [0.1, 0.15) is 119 Å². The molecule has 3 aromatic heterocycles. The Hall–Kier alpha value is -11.2. The molecule has 21 heteroatoms. The minimum atomic E-state index is -4.55. The number of fused-ring (bicyclic) bond motifs is 3. The molecule has 1 fully saturated rings. The Morgan fingerprint density at radius 1 is 0.524 bits per heavy atom. The lowest BCUT2D eigenvalue weighted by Crippen LogP contribution is -2.44. The number of aryl methyl sites for hydroxylation is 3. The van der Waals surface area contributed by atoms with E-state index >= 15 is 0 Å². The van der Waals surface area contributed by atoms with E-state index in [1.165, 1.54) is 12.1 Å². The zero-order valence-electron chi connectivity index (χ0n) is 60.6. The van der Waals surface area contributed by atoms with Crippen LogP contribution in [0.5, 0.6) is 0 Å². The number of rotatable bonds is 18. The van der Waals surface area contributed by atoms with Crippen molar-refractivity contribution in [1.82, 2.24) is 45.2 Å². The highest BCUT2D eigenvalue weighted by atomic mass is 19.4. The van der Waals surface area contributed by atoms with E-state index < -0.39 is 29.9 Å². The molecule has 18 nitrogen and oxygen atoms in total. The molecule has 1 aliphatic heterocycles. The van der Waals surface area contributed by atoms with Gasteiger partial charge in [0.05, 0.1) is 34.5 Å². The molecule has 7 aromatic carbocycles. The molecular weight excluding hydrogens is 1330 g/mol. The lowest BCUT2D eigenvalue weighted by Gasteiger charge is -2.33. The number of aliphatic hydroxyl groups is 2. The molecule has 1 aliphatic rings. The summed E-state index contributed by atoms with van der Waals surface area (Å²) in [6.45, 7) is 19.6. The predicted molar refractivity (Wildman–Crippen MR) is 414 cm³/mol. The molecule has 0 spiro atoms. The number of nitrogens with two attached hydrogens (primary N) is 3. The summed E-state index contributed by atoms with van der Waals surface area (Å²) in [4.78, 5) is 59.4. The number of carbonyl (C=O) groups is 3. The van der Waals surface area contributed by atoms with Gasteiger partial charge in [-0.25, -0.2) is 15.0 Å². The van der Waals surface area contributed by atoms with E-state index in [1.807, 2.05) is 139 Å². The van der Waals surface area contributed by atoms with Crippen LogP contribution in [0.15, 0.2) is 164 Å². The summed E-state index contributed by atoms with van der Waals surface area (Å²) in [5.41, 5.74) is 26.0. The Morgan fingerprint density at radius 2 is 0.914 bits per heavy atom. The molecule has 0 aliphatic carbocycles. The van der Waals surface area contributed by atoms with Crippen molar-refractivity contribution >= 4 is 73.2 Å². The molecule has 2 unspecified atom stereocenters. The molecular formula is C84H90F3N13O5. The summed E-state index contributed by atoms with van der Waals surface area (Å²) in [5.74, 6) is 19.3. The zero-order valence-corrected chi connectivity index (χ0v) is 60.6. The number of nitrogens with zero attached hydrogens (tertiary/aromatic N) is 7. The van der Waals surface area contributed by atoms with Gasteiger partial charge in [0.25, 0.3) is 17.7 Å². The van der Waals surface area contributed by atoms with Gasteiger partial charge in [0, 0.05) is 149 Å². The number of amides is 3. The largest absolute Gasteiger partial charge is 0.416 e. The van der Waals surface area contributed by atoms with Crippen molar-refractivity contribution in [2.24, 2.45) is 0 Å². The minimum absolute atomic E-state index is 0.0806. The summed E-state index contributed by atoms with van der Waals surface area (Å²) in [6.07, 6.45) is -0.169. The summed E-state index contributed by atoms with van der Waals surface area (Å²) in [5, 5.41) is 33.9. The highest BCUT2D eigenvalue weighted by Gasteiger charge is 2.34. The molecule has 11 N–H and O–H groups in total. The average molecular weight is 1420 g/mol. The Balaban J connectivity index is 0.000000185. The molecule has 3 amide bonds. The third-order valence-corrected chi connectivity index (χ3v) is 18.4. The maximum absolute atomic E-state index is 14.0. The number of aromatic nitrogens is 3. The number of benzene rings is 7. The summed E-state index contributed by atoms with van der Waals surface area (Å²) >= 11 is 0. The lowest BCUT2D eigenvalue weighted by atomic mass is 10.0. The molecule has 542 valence electrons. The van der Waals surface area contributed by atoms with E-state index in [-0.39, 0.29) is 48.3 Å². The Kier molecular flexibility index (Phi) is 27.3. The Labute approximate surface area is 612 Å². The van der Waals surface area contributed by atoms with Crippen LogP contribution in [0.2, 0.25) is 0 Å². The fourth-order valence-corrected chi connectivity index (χ4v) is 11.6. The van der Waals surface area contributed by atoms with Gasteiger partial charge in [-0.1, -0.05) is 153 Å². The number of alkyl halides is 3. The van der Waals surface area contributed by atoms with Crippen LogP contribution in [0.4, 0.5) is 36.3 Å². The summed E-state index contributed by atoms with van der Waals surface area (Å²) in [7, 11) is 4.00. The third kappa shape index (κ3) is 21.5. The molecule has 105 heavy (non-hydrogen) atoms. The SMILES string of the molecule is CCN(C)CCC(O)CNC(=O)c1ccc(C)c(C#Cc2cnc(N)c3ccccc23)c1.CCN(CC)CC(O)CNC(=O)c1ccc(C)c(C#Cc2cnc(N)c3ccccc23)c1.Cc1ccc(C(=O)Nc2ccc(CN3CCN(C)CC3)c(C(F)(F)F)c2)cc1C#Cc1cnc(N)c2ccccc12. The van der Waals surface area contributed by atoms with Crippen LogP contribution < -0.4 is 33.2 Å². The van der Waals surface area contributed by atoms with E-state index in [2.05, 4.69) is 88.0 Å². The summed E-state index contributed by atoms with van der Waals surface area (Å²) < 4.78 is 41.9. The van der Waals surface area contributed by atoms with E-state index in [9.17, 15) is 37.8 Å². The number of nitrogen functional groups attached to an aromatic ring is 3. The Morgan fingerprint density at radius 3 is 1.31 bits per heavy atom. The van der Waals surface area contributed by atoms with Crippen molar-refractivity contribution in [2.45, 2.75) is 72.9 Å². The van der Waals surface area contributed by atoms with Gasteiger partial charge in [-0.15, -0.1) is 0 Å². The van der Waals surface area contributed by atoms with Gasteiger partial charge in [-0.3, -0.25) is 19.3 Å². The van der Waals surface area contributed by atoms with E-state index in [0.29, 0.717) is 65.8 Å². The standard InChI is InChI=1S/C32H30F3N5O.2C26H30N4O2/c1-21-7-8-23(17-22(21)9-10-24-19-37-30(36)28-6-4-3-5-27(24)28)31(41)38-26-12-11-25(29(18-26)32(33,34)35)20-40-15-13-39(2)14-16-40;1-4-30(3)14-13-22(31)17-29-26(32)20-10-9-18(2)19(15-20)11-12-21-16-28-25(27)24-8-6-5-7-23(21)24;1-4-30(5-2)17-22(31)16-29-26(32)20-11-10-18(3)19(14-20)12-13-21-15-28-25(27)24-9-7-6-8-23(21)24/h3-8,11-12,17-19H,13-16,20H2,1-2H3,(H2,36,37)(H,38,41);5-10,15-16,22,31H,4,13-14,17H2,1-3H3,(H2,27,28)(H,29,32);6-11,14-15,22,31H,4-5,16-17H2,1-3H3,(H2,27,28)(H,29,32). The normalized spacial score (nSPS) is 12.8. The average Bonchev–Trinajstić information content (AvgIpc) is 0.818. The fraction of sp³-hybridized carbons (Fsp3) is 0.286. The first-order valence-corrected chi connectivity index (χ1v) is 34.9. The van der Waals surface area contributed by atoms with Crippen LogP contribution in [-0.4, -0.2) is 161 Å². The zero-order chi connectivity index (χ0) is 75.3. The molecule has 0 bridgehead atoms. The van der Waals surface area contributed by atoms with Gasteiger partial charge >= 0.3 is 6.18 Å². The molecule has 10 aromatic rings. The first kappa shape index (κ1) is 78.0. The second-order valence-electron chi connectivity index (χ2n) is 25.9. The van der Waals surface area contributed by atoms with E-state index in [0.717, 1.165) is 117 Å². The quantitative estimate of drug-likeness (QED) is 0.0372. The number of piperazine rings is 1. The van der Waals surface area contributed by atoms with E-state index in [4.69, 9.17) is 17.2 Å². The number of anilines is 4. The van der Waals surface area contributed by atoms with Crippen LogP contribution in [0.3, 0.4) is 0 Å². The van der Waals surface area contributed by atoms with Crippen molar-refractivity contribution in [1.29, 1.82) is 0 Å². The van der Waals surface area contributed by atoms with Gasteiger partial charge < -0.3 is 58.1 Å². The van der Waals surface area contributed by atoms with Gasteiger partial charge in [0.15, 0.2) is 0 Å². The third-order valence-electron chi connectivity index (χ3n) is 18.4. The second-order valence-corrected chi connectivity index (χ2v) is 25.9. The molecule has 11 rings (SSSR count). The first-order chi connectivity index (χ1) is 50.4. The van der Waals surface area contributed by atoms with Gasteiger partial charge in [-0.2, -0.15) is 13.2 Å². The van der Waals surface area contributed by atoms with Crippen molar-refractivity contribution in [3.8, 4) is 35.5 Å². The number of pyridine rings is 3. The second kappa shape index (κ2) is 36.8. The fourth-order valence-electron chi connectivity index (χ4n) is 11.6.